The van der Waals surface area contributed by atoms with E-state index in [1.807, 2.05) is 0 Å². The average Bonchev–Trinajstić information content (AvgIpc) is 2.96. The van der Waals surface area contributed by atoms with Crippen molar-refractivity contribution >= 4 is 0 Å². The molecule has 0 aromatic rings. The van der Waals surface area contributed by atoms with Gasteiger partial charge in [0.1, 0.15) is 0 Å². The van der Waals surface area contributed by atoms with E-state index in [1.165, 1.54) is 11.3 Å². The summed E-state index contributed by atoms with van der Waals surface area (Å²) in [5.41, 5.74) is 0. The highest BCUT2D eigenvalue weighted by molar-refractivity contribution is 4.93. The summed E-state index contributed by atoms with van der Waals surface area (Å²) in [6.07, 6.45) is -0.241. The Balaban J connectivity index is 1.69. The maximum absolute atomic E-state index is 12.2. The third kappa shape index (κ3) is 3.85. The van der Waals surface area contributed by atoms with Crippen LogP contribution in [0.2, 0.25) is 0 Å². The van der Waals surface area contributed by atoms with Crippen molar-refractivity contribution < 1.29 is 18.3 Å². The number of hydrogen-bond acceptors (Lipinski definition) is 2. The van der Waals surface area contributed by atoms with Crippen molar-refractivity contribution in [2.24, 2.45) is 17.8 Å². The summed E-state index contributed by atoms with van der Waals surface area (Å²) in [6, 6.07) is 0. The molecule has 2 fully saturated rings. The number of nitrogens with zero attached hydrogens (tertiary/aromatic N) is 1. The summed E-state index contributed by atoms with van der Waals surface area (Å²) in [5, 5.41) is 8.83. The predicted octanol–water partition coefficient (Wildman–Crippen LogP) is 2.28. The smallest absolute Gasteiger partial charge is 0.396 e. The van der Waals surface area contributed by atoms with Crippen molar-refractivity contribution in [2.75, 3.05) is 26.2 Å². The molecular formula is C12H20F3NO. The van der Waals surface area contributed by atoms with E-state index in [0.29, 0.717) is 30.8 Å². The molecule has 0 bridgehead atoms. The molecule has 2 atom stereocenters. The zero-order chi connectivity index (χ0) is 12.5. The lowest BCUT2D eigenvalue weighted by atomic mass is 9.90. The Morgan fingerprint density at radius 1 is 1.18 bits per heavy atom. The van der Waals surface area contributed by atoms with E-state index >= 15 is 0 Å². The first-order chi connectivity index (χ1) is 7.99. The maximum Gasteiger partial charge on any atom is 0.401 e. The van der Waals surface area contributed by atoms with Crippen LogP contribution in [0.15, 0.2) is 0 Å². The van der Waals surface area contributed by atoms with Gasteiger partial charge in [-0.2, -0.15) is 13.2 Å². The van der Waals surface area contributed by atoms with Gasteiger partial charge in [0.05, 0.1) is 6.54 Å². The Hall–Kier alpha value is -0.290. The largest absolute Gasteiger partial charge is 0.401 e. The molecule has 2 nitrogen and oxygen atoms in total. The molecule has 2 rings (SSSR count). The van der Waals surface area contributed by atoms with E-state index in [0.717, 1.165) is 19.3 Å². The quantitative estimate of drug-likeness (QED) is 0.828. The van der Waals surface area contributed by atoms with Crippen molar-refractivity contribution in [3.8, 4) is 0 Å². The molecule has 0 radical (unpaired) electrons. The van der Waals surface area contributed by atoms with Gasteiger partial charge in [-0.1, -0.05) is 0 Å². The van der Waals surface area contributed by atoms with Gasteiger partial charge in [-0.05, 0) is 56.5 Å². The van der Waals surface area contributed by atoms with E-state index in [1.54, 1.807) is 0 Å². The van der Waals surface area contributed by atoms with Gasteiger partial charge in [0, 0.05) is 6.61 Å². The molecule has 0 aromatic heterocycles. The number of rotatable bonds is 4. The van der Waals surface area contributed by atoms with Crippen LogP contribution in [0.4, 0.5) is 13.2 Å². The molecule has 1 N–H and O–H groups in total. The van der Waals surface area contributed by atoms with Gasteiger partial charge in [0.15, 0.2) is 0 Å². The van der Waals surface area contributed by atoms with Crippen molar-refractivity contribution in [3.05, 3.63) is 0 Å². The molecule has 1 aliphatic carbocycles. The first kappa shape index (κ1) is 13.1. The molecule has 0 unspecified atom stereocenters. The molecule has 5 heteroatoms. The van der Waals surface area contributed by atoms with Crippen molar-refractivity contribution in [1.29, 1.82) is 0 Å². The lowest BCUT2D eigenvalue weighted by Crippen LogP contribution is -2.40. The lowest BCUT2D eigenvalue weighted by Gasteiger charge is -2.32. The fourth-order valence-electron chi connectivity index (χ4n) is 3.14. The average molecular weight is 251 g/mol. The van der Waals surface area contributed by atoms with E-state index < -0.39 is 12.7 Å². The molecule has 2 aliphatic rings. The summed E-state index contributed by atoms with van der Waals surface area (Å²) >= 11 is 0. The van der Waals surface area contributed by atoms with Crippen LogP contribution in [0.1, 0.15) is 25.7 Å². The normalized spacial score (nSPS) is 31.8. The standard InChI is InChI=1S/C12H20F3NO/c13-12(14,15)8-16-4-1-9(2-5-16)11-7-10(11)3-6-17/h9-11,17H,1-8H2/t10-,11-/m1/s1. The van der Waals surface area contributed by atoms with Crippen LogP contribution in [0.5, 0.6) is 0 Å². The van der Waals surface area contributed by atoms with Gasteiger partial charge in [0.2, 0.25) is 0 Å². The molecule has 100 valence electrons. The Morgan fingerprint density at radius 3 is 2.35 bits per heavy atom. The topological polar surface area (TPSA) is 23.5 Å². The highest BCUT2D eigenvalue weighted by Crippen LogP contribution is 2.49. The summed E-state index contributed by atoms with van der Waals surface area (Å²) in [7, 11) is 0. The van der Waals surface area contributed by atoms with Crippen LogP contribution in [0.25, 0.3) is 0 Å². The number of likely N-dealkylation sites (tertiary alicyclic amines) is 1. The number of aliphatic hydroxyl groups excluding tert-OH is 1. The van der Waals surface area contributed by atoms with Crippen molar-refractivity contribution in [2.45, 2.75) is 31.9 Å². The van der Waals surface area contributed by atoms with Crippen LogP contribution in [0, 0.1) is 17.8 Å². The van der Waals surface area contributed by atoms with Gasteiger partial charge in [-0.15, -0.1) is 0 Å². The maximum atomic E-state index is 12.2. The summed E-state index contributed by atoms with van der Waals surface area (Å²) < 4.78 is 36.6. The van der Waals surface area contributed by atoms with Crippen LogP contribution < -0.4 is 0 Å². The van der Waals surface area contributed by atoms with Gasteiger partial charge in [-0.3, -0.25) is 4.90 Å². The van der Waals surface area contributed by atoms with Crippen molar-refractivity contribution in [1.82, 2.24) is 4.90 Å². The Bertz CT molecular complexity index is 249. The molecule has 1 aliphatic heterocycles. The van der Waals surface area contributed by atoms with Crippen molar-refractivity contribution in [3.63, 3.8) is 0 Å². The third-order valence-electron chi connectivity index (χ3n) is 4.12. The first-order valence-corrected chi connectivity index (χ1v) is 6.39. The van der Waals surface area contributed by atoms with Gasteiger partial charge < -0.3 is 5.11 Å². The van der Waals surface area contributed by atoms with E-state index in [4.69, 9.17) is 5.11 Å². The highest BCUT2D eigenvalue weighted by atomic mass is 19.4. The van der Waals surface area contributed by atoms with E-state index in [2.05, 4.69) is 0 Å². The minimum Gasteiger partial charge on any atom is -0.396 e. The fraction of sp³-hybridized carbons (Fsp3) is 1.00. The zero-order valence-electron chi connectivity index (χ0n) is 9.92. The van der Waals surface area contributed by atoms with Crippen LogP contribution >= 0.6 is 0 Å². The van der Waals surface area contributed by atoms with E-state index in [-0.39, 0.29) is 6.61 Å². The fourth-order valence-corrected chi connectivity index (χ4v) is 3.14. The number of aliphatic hydroxyl groups is 1. The molecule has 17 heavy (non-hydrogen) atoms. The number of halogens is 3. The molecule has 0 spiro atoms. The number of piperidine rings is 1. The Morgan fingerprint density at radius 2 is 1.82 bits per heavy atom. The second-order valence-electron chi connectivity index (χ2n) is 5.40. The minimum absolute atomic E-state index is 0.244. The monoisotopic (exact) mass is 251 g/mol. The van der Waals surface area contributed by atoms with Gasteiger partial charge in [-0.25, -0.2) is 0 Å². The molecular weight excluding hydrogens is 231 g/mol. The molecule has 1 saturated carbocycles. The molecule has 1 saturated heterocycles. The molecule has 0 amide bonds. The lowest BCUT2D eigenvalue weighted by molar-refractivity contribution is -0.148. The van der Waals surface area contributed by atoms with E-state index in [9.17, 15) is 13.2 Å². The molecule has 0 aromatic carbocycles. The summed E-state index contributed by atoms with van der Waals surface area (Å²) in [6.45, 7) is 0.636. The predicted molar refractivity (Wildman–Crippen MR) is 58.5 cm³/mol. The summed E-state index contributed by atoms with van der Waals surface area (Å²) in [4.78, 5) is 1.51. The van der Waals surface area contributed by atoms with Crippen LogP contribution in [0.3, 0.4) is 0 Å². The number of alkyl halides is 3. The summed E-state index contributed by atoms with van der Waals surface area (Å²) in [5.74, 6) is 1.91. The van der Waals surface area contributed by atoms with Crippen LogP contribution in [-0.2, 0) is 0 Å². The van der Waals surface area contributed by atoms with Crippen LogP contribution in [-0.4, -0.2) is 42.4 Å². The Labute approximate surface area is 99.8 Å². The SMILES string of the molecule is OCC[C@@H]1C[C@@H]1C1CCN(CC(F)(F)F)CC1. The third-order valence-corrected chi connectivity index (χ3v) is 4.12. The minimum atomic E-state index is -4.06. The highest BCUT2D eigenvalue weighted by Gasteiger charge is 2.43. The zero-order valence-corrected chi connectivity index (χ0v) is 9.92. The Kier molecular flexibility index (Phi) is 3.98. The van der Waals surface area contributed by atoms with Gasteiger partial charge in [0.25, 0.3) is 0 Å². The number of hydrogen-bond donors (Lipinski definition) is 1. The second kappa shape index (κ2) is 5.14. The van der Waals surface area contributed by atoms with Gasteiger partial charge >= 0.3 is 6.18 Å². The first-order valence-electron chi connectivity index (χ1n) is 6.39. The second-order valence-corrected chi connectivity index (χ2v) is 5.40. The molecule has 1 heterocycles.